The Balaban J connectivity index is 2.71. The number of carbonyl (C=O) groups is 1. The smallest absolute Gasteiger partial charge is 0.412 e. The third kappa shape index (κ3) is 12.4. The van der Waals surface area contributed by atoms with E-state index in [-0.39, 0.29) is 6.04 Å². The van der Waals surface area contributed by atoms with Gasteiger partial charge in [-0.2, -0.15) is 0 Å². The zero-order valence-corrected chi connectivity index (χ0v) is 22.2. The Morgan fingerprint density at radius 2 is 1.47 bits per heavy atom. The minimum atomic E-state index is -1.55. The van der Waals surface area contributed by atoms with E-state index in [0.29, 0.717) is 19.0 Å². The first-order valence-electron chi connectivity index (χ1n) is 11.0. The number of anilines is 1. The minimum Gasteiger partial charge on any atom is -0.416 e. The lowest BCUT2D eigenvalue weighted by molar-refractivity contribution is 0.196. The van der Waals surface area contributed by atoms with Gasteiger partial charge in [0.25, 0.3) is 0 Å². The third-order valence-electron chi connectivity index (χ3n) is 4.29. The molecule has 0 spiro atoms. The van der Waals surface area contributed by atoms with Crippen molar-refractivity contribution in [2.24, 2.45) is 0 Å². The molecule has 1 atom stereocenters. The van der Waals surface area contributed by atoms with E-state index >= 15 is 0 Å². The highest BCUT2D eigenvalue weighted by atomic mass is 28.4. The molecule has 0 unspecified atom stereocenters. The van der Waals surface area contributed by atoms with Crippen LogP contribution >= 0.6 is 0 Å². The highest BCUT2D eigenvalue weighted by molar-refractivity contribution is 6.70. The maximum atomic E-state index is 12.0. The second kappa shape index (κ2) is 12.5. The molecule has 1 aromatic carbocycles. The van der Waals surface area contributed by atoms with Gasteiger partial charge in [0.05, 0.1) is 13.2 Å². The third-order valence-corrected chi connectivity index (χ3v) is 6.43. The van der Waals surface area contributed by atoms with Gasteiger partial charge in [-0.1, -0.05) is 13.3 Å². The van der Waals surface area contributed by atoms with E-state index in [9.17, 15) is 4.79 Å². The Hall–Kier alpha value is -1.36. The van der Waals surface area contributed by atoms with E-state index in [1.807, 2.05) is 31.2 Å². The number of carbonyl (C=O) groups excluding carboxylic acids is 1. The molecule has 8 heteroatoms. The second-order valence-electron chi connectivity index (χ2n) is 9.63. The molecule has 0 fully saturated rings. The molecule has 0 bridgehead atoms. The van der Waals surface area contributed by atoms with Crippen molar-refractivity contribution in [1.82, 2.24) is 5.32 Å². The summed E-state index contributed by atoms with van der Waals surface area (Å²) in [4.78, 5) is 14.3. The number of nitrogens with zero attached hydrogens (tertiary/aromatic N) is 1. The van der Waals surface area contributed by atoms with E-state index in [4.69, 9.17) is 13.6 Å². The van der Waals surface area contributed by atoms with Crippen LogP contribution in [-0.4, -0.2) is 55.1 Å². The molecule has 0 saturated heterocycles. The van der Waals surface area contributed by atoms with E-state index in [2.05, 4.69) is 56.4 Å². The molecule has 30 heavy (non-hydrogen) atoms. The normalized spacial score (nSPS) is 13.1. The van der Waals surface area contributed by atoms with Gasteiger partial charge in [-0.25, -0.2) is 4.79 Å². The monoisotopic (exact) mass is 454 g/mol. The number of hydrogen-bond acceptors (Lipinski definition) is 5. The Morgan fingerprint density at radius 1 is 0.967 bits per heavy atom. The molecule has 0 aromatic heterocycles. The number of rotatable bonds is 13. The van der Waals surface area contributed by atoms with Crippen molar-refractivity contribution in [1.29, 1.82) is 0 Å². The van der Waals surface area contributed by atoms with Crippen LogP contribution in [0.2, 0.25) is 39.3 Å². The summed E-state index contributed by atoms with van der Waals surface area (Å²) >= 11 is 0. The predicted molar refractivity (Wildman–Crippen MR) is 131 cm³/mol. The minimum absolute atomic E-state index is 0.106. The summed E-state index contributed by atoms with van der Waals surface area (Å²) in [7, 11) is -3.10. The van der Waals surface area contributed by atoms with Crippen molar-refractivity contribution in [2.75, 3.05) is 31.2 Å². The standard InChI is InChI=1S/C22H42N2O4Si2/c1-9-10-19(2)23-22(25)28-21-13-11-20(12-14-21)24(15-17-26-29(3,4)5)16-18-27-30(6,7)8/h11-14,19H,9-10,15-18H2,1-8H3,(H,23,25)/t19-/m1/s1. The molecule has 172 valence electrons. The predicted octanol–water partition coefficient (Wildman–Crippen LogP) is 5.47. The van der Waals surface area contributed by atoms with Crippen molar-refractivity contribution in [3.63, 3.8) is 0 Å². The Morgan fingerprint density at radius 3 is 1.90 bits per heavy atom. The van der Waals surface area contributed by atoms with Gasteiger partial charge in [-0.3, -0.25) is 0 Å². The molecule has 0 aliphatic rings. The first kappa shape index (κ1) is 26.7. The average molecular weight is 455 g/mol. The number of benzene rings is 1. The van der Waals surface area contributed by atoms with Gasteiger partial charge in [0.2, 0.25) is 0 Å². The van der Waals surface area contributed by atoms with Crippen LogP contribution in [0.4, 0.5) is 10.5 Å². The number of hydrogen-bond donors (Lipinski definition) is 1. The zero-order chi connectivity index (χ0) is 22.8. The fraction of sp³-hybridized carbons (Fsp3) is 0.682. The highest BCUT2D eigenvalue weighted by Crippen LogP contribution is 2.20. The summed E-state index contributed by atoms with van der Waals surface area (Å²) < 4.78 is 17.5. The quantitative estimate of drug-likeness (QED) is 0.400. The van der Waals surface area contributed by atoms with Crippen molar-refractivity contribution in [3.8, 4) is 5.75 Å². The fourth-order valence-corrected chi connectivity index (χ4v) is 4.27. The lowest BCUT2D eigenvalue weighted by Crippen LogP contribution is -2.37. The van der Waals surface area contributed by atoms with Gasteiger partial charge < -0.3 is 23.8 Å². The second-order valence-corrected chi connectivity index (χ2v) is 18.7. The van der Waals surface area contributed by atoms with Crippen LogP contribution < -0.4 is 15.0 Å². The maximum Gasteiger partial charge on any atom is 0.412 e. The first-order valence-corrected chi connectivity index (χ1v) is 17.8. The van der Waals surface area contributed by atoms with Crippen LogP contribution in [0.1, 0.15) is 26.7 Å². The van der Waals surface area contributed by atoms with Crippen molar-refractivity contribution in [3.05, 3.63) is 24.3 Å². The molecule has 6 nitrogen and oxygen atoms in total. The summed E-state index contributed by atoms with van der Waals surface area (Å²) in [6, 6.07) is 7.76. The molecule has 0 radical (unpaired) electrons. The van der Waals surface area contributed by atoms with E-state index in [0.717, 1.165) is 31.6 Å². The van der Waals surface area contributed by atoms with Gasteiger partial charge in [0, 0.05) is 24.8 Å². The number of amides is 1. The Bertz CT molecular complexity index is 608. The summed E-state index contributed by atoms with van der Waals surface area (Å²) in [6.07, 6.45) is 1.55. The van der Waals surface area contributed by atoms with Crippen LogP contribution in [0.25, 0.3) is 0 Å². The van der Waals surface area contributed by atoms with Crippen LogP contribution in [-0.2, 0) is 8.85 Å². The van der Waals surface area contributed by atoms with Crippen molar-refractivity contribution in [2.45, 2.75) is 72.0 Å². The van der Waals surface area contributed by atoms with E-state index < -0.39 is 22.7 Å². The first-order chi connectivity index (χ1) is 13.9. The average Bonchev–Trinajstić information content (AvgIpc) is 2.59. The molecule has 1 rings (SSSR count). The molecular formula is C22H42N2O4Si2. The summed E-state index contributed by atoms with van der Waals surface area (Å²) in [5, 5.41) is 2.85. The van der Waals surface area contributed by atoms with Crippen LogP contribution in [0.5, 0.6) is 5.75 Å². The lowest BCUT2D eigenvalue weighted by Gasteiger charge is -2.28. The van der Waals surface area contributed by atoms with Crippen molar-refractivity contribution >= 4 is 28.4 Å². The van der Waals surface area contributed by atoms with Crippen LogP contribution in [0.3, 0.4) is 0 Å². The topological polar surface area (TPSA) is 60.0 Å². The summed E-state index contributed by atoms with van der Waals surface area (Å²) in [5.41, 5.74) is 1.07. The highest BCUT2D eigenvalue weighted by Gasteiger charge is 2.17. The Labute approximate surface area is 185 Å². The lowest BCUT2D eigenvalue weighted by atomic mass is 10.2. The van der Waals surface area contributed by atoms with Crippen LogP contribution in [0.15, 0.2) is 24.3 Å². The summed E-state index contributed by atoms with van der Waals surface area (Å²) in [5.74, 6) is 0.539. The molecule has 0 aliphatic carbocycles. The fourth-order valence-electron chi connectivity index (χ4n) is 2.86. The molecule has 1 amide bonds. The summed E-state index contributed by atoms with van der Waals surface area (Å²) in [6.45, 7) is 20.3. The van der Waals surface area contributed by atoms with Gasteiger partial charge in [0.15, 0.2) is 16.6 Å². The molecule has 1 aromatic rings. The van der Waals surface area contributed by atoms with Gasteiger partial charge in [0.1, 0.15) is 5.75 Å². The Kier molecular flexibility index (Phi) is 11.1. The van der Waals surface area contributed by atoms with Crippen molar-refractivity contribution < 1.29 is 18.4 Å². The largest absolute Gasteiger partial charge is 0.416 e. The number of nitrogens with one attached hydrogen (secondary N) is 1. The maximum absolute atomic E-state index is 12.0. The SMILES string of the molecule is CCC[C@@H](C)NC(=O)Oc1ccc(N(CCO[Si](C)(C)C)CCO[Si](C)(C)C)cc1. The van der Waals surface area contributed by atoms with E-state index in [1.165, 1.54) is 0 Å². The molecule has 0 heterocycles. The zero-order valence-electron chi connectivity index (χ0n) is 20.2. The van der Waals surface area contributed by atoms with E-state index in [1.54, 1.807) is 0 Å². The molecule has 0 aliphatic heterocycles. The van der Waals surface area contributed by atoms with Gasteiger partial charge in [-0.05, 0) is 76.9 Å². The number of ether oxygens (including phenoxy) is 1. The molecular weight excluding hydrogens is 412 g/mol. The molecule has 1 N–H and O–H groups in total. The molecule has 0 saturated carbocycles. The van der Waals surface area contributed by atoms with Gasteiger partial charge in [-0.15, -0.1) is 0 Å². The van der Waals surface area contributed by atoms with Gasteiger partial charge >= 0.3 is 6.09 Å². The van der Waals surface area contributed by atoms with Crippen LogP contribution in [0, 0.1) is 0 Å².